The first-order valence-electron chi connectivity index (χ1n) is 8.26. The second-order valence-electron chi connectivity index (χ2n) is 6.06. The molecule has 3 amide bonds. The van der Waals surface area contributed by atoms with Crippen LogP contribution in [-0.2, 0) is 4.79 Å². The van der Waals surface area contributed by atoms with Gasteiger partial charge in [-0.3, -0.25) is 9.59 Å². The summed E-state index contributed by atoms with van der Waals surface area (Å²) in [5.74, 6) is -1.55. The average Bonchev–Trinajstić information content (AvgIpc) is 3.18. The maximum atomic E-state index is 12.3. The number of urea groups is 1. The summed E-state index contributed by atoms with van der Waals surface area (Å²) in [6.07, 6.45) is 2.67. The molecule has 1 fully saturated rings. The Bertz CT molecular complexity index is 786. The highest BCUT2D eigenvalue weighted by molar-refractivity contribution is 6.02. The third-order valence-corrected chi connectivity index (χ3v) is 4.20. The van der Waals surface area contributed by atoms with E-state index in [9.17, 15) is 14.4 Å². The SMILES string of the molecule is O=C(Nc1ccc(NC(=O)N2CCCC(C(=O)O)C2)cc1)c1ccco1. The summed E-state index contributed by atoms with van der Waals surface area (Å²) in [5, 5.41) is 14.5. The van der Waals surface area contributed by atoms with Crippen molar-refractivity contribution in [3.05, 3.63) is 48.4 Å². The van der Waals surface area contributed by atoms with E-state index in [1.165, 1.54) is 11.2 Å². The summed E-state index contributed by atoms with van der Waals surface area (Å²) in [6.45, 7) is 0.741. The third kappa shape index (κ3) is 4.21. The van der Waals surface area contributed by atoms with Gasteiger partial charge in [-0.1, -0.05) is 0 Å². The minimum atomic E-state index is -0.876. The fourth-order valence-electron chi connectivity index (χ4n) is 2.80. The largest absolute Gasteiger partial charge is 0.481 e. The Morgan fingerprint density at radius 3 is 2.38 bits per heavy atom. The predicted molar refractivity (Wildman–Crippen MR) is 94.1 cm³/mol. The van der Waals surface area contributed by atoms with Crippen LogP contribution in [0, 0.1) is 5.92 Å². The average molecular weight is 357 g/mol. The summed E-state index contributed by atoms with van der Waals surface area (Å²) >= 11 is 0. The molecule has 0 spiro atoms. The van der Waals surface area contributed by atoms with E-state index in [1.807, 2.05) is 0 Å². The Labute approximate surface area is 149 Å². The minimum absolute atomic E-state index is 0.207. The highest BCUT2D eigenvalue weighted by atomic mass is 16.4. The van der Waals surface area contributed by atoms with Gasteiger partial charge in [0.1, 0.15) is 0 Å². The zero-order valence-corrected chi connectivity index (χ0v) is 14.0. The number of carboxylic acid groups (broad SMARTS) is 1. The first-order valence-corrected chi connectivity index (χ1v) is 8.26. The van der Waals surface area contributed by atoms with Crippen molar-refractivity contribution in [2.75, 3.05) is 23.7 Å². The molecule has 0 radical (unpaired) electrons. The summed E-state index contributed by atoms with van der Waals surface area (Å²) in [7, 11) is 0. The van der Waals surface area contributed by atoms with E-state index in [1.54, 1.807) is 36.4 Å². The number of aliphatic carboxylic acids is 1. The van der Waals surface area contributed by atoms with Gasteiger partial charge in [-0.25, -0.2) is 4.79 Å². The van der Waals surface area contributed by atoms with Gasteiger partial charge < -0.3 is 25.1 Å². The topological polar surface area (TPSA) is 112 Å². The maximum Gasteiger partial charge on any atom is 0.321 e. The molecular formula is C18H19N3O5. The van der Waals surface area contributed by atoms with Gasteiger partial charge in [-0.15, -0.1) is 0 Å². The first-order chi connectivity index (χ1) is 12.5. The van der Waals surface area contributed by atoms with E-state index >= 15 is 0 Å². The maximum absolute atomic E-state index is 12.3. The van der Waals surface area contributed by atoms with Crippen molar-refractivity contribution in [2.24, 2.45) is 5.92 Å². The molecule has 1 unspecified atom stereocenters. The standard InChI is InChI=1S/C18H19N3O5/c22-16(15-4-2-10-26-15)19-13-5-7-14(8-6-13)20-18(25)21-9-1-3-12(11-21)17(23)24/h2,4-8,10,12H,1,3,9,11H2,(H,19,22)(H,20,25)(H,23,24). The Hall–Kier alpha value is -3.29. The van der Waals surface area contributed by atoms with E-state index in [0.717, 1.165) is 0 Å². The van der Waals surface area contributed by atoms with Crippen molar-refractivity contribution < 1.29 is 23.9 Å². The Balaban J connectivity index is 1.56. The van der Waals surface area contributed by atoms with Crippen LogP contribution in [0.15, 0.2) is 47.1 Å². The lowest BCUT2D eigenvalue weighted by Crippen LogP contribution is -2.44. The number of carboxylic acids is 1. The highest BCUT2D eigenvalue weighted by Gasteiger charge is 2.28. The molecular weight excluding hydrogens is 338 g/mol. The molecule has 1 aromatic carbocycles. The van der Waals surface area contributed by atoms with Crippen LogP contribution < -0.4 is 10.6 Å². The fraction of sp³-hybridized carbons (Fsp3) is 0.278. The van der Waals surface area contributed by atoms with Crippen molar-refractivity contribution in [3.8, 4) is 0 Å². The normalized spacial score (nSPS) is 16.8. The molecule has 2 aromatic rings. The number of nitrogens with one attached hydrogen (secondary N) is 2. The molecule has 136 valence electrons. The fourth-order valence-corrected chi connectivity index (χ4v) is 2.80. The van der Waals surface area contributed by atoms with Gasteiger partial charge in [0.15, 0.2) is 5.76 Å². The van der Waals surface area contributed by atoms with Crippen molar-refractivity contribution in [1.29, 1.82) is 0 Å². The summed E-state index contributed by atoms with van der Waals surface area (Å²) in [5.41, 5.74) is 1.12. The molecule has 1 atom stereocenters. The van der Waals surface area contributed by atoms with E-state index in [0.29, 0.717) is 30.8 Å². The van der Waals surface area contributed by atoms with Crippen LogP contribution in [0.1, 0.15) is 23.4 Å². The molecule has 8 nitrogen and oxygen atoms in total. The number of benzene rings is 1. The van der Waals surface area contributed by atoms with Crippen LogP contribution in [0.4, 0.5) is 16.2 Å². The van der Waals surface area contributed by atoms with E-state index in [4.69, 9.17) is 9.52 Å². The molecule has 26 heavy (non-hydrogen) atoms. The molecule has 3 rings (SSSR count). The quantitative estimate of drug-likeness (QED) is 0.779. The Kier molecular flexibility index (Phi) is 5.21. The lowest BCUT2D eigenvalue weighted by atomic mass is 9.99. The van der Waals surface area contributed by atoms with Gasteiger partial charge in [0.25, 0.3) is 5.91 Å². The van der Waals surface area contributed by atoms with Crippen LogP contribution in [0.5, 0.6) is 0 Å². The molecule has 3 N–H and O–H groups in total. The number of carbonyl (C=O) groups is 3. The van der Waals surface area contributed by atoms with Gasteiger partial charge >= 0.3 is 12.0 Å². The second-order valence-corrected chi connectivity index (χ2v) is 6.06. The Morgan fingerprint density at radius 2 is 1.77 bits per heavy atom. The number of amides is 3. The zero-order chi connectivity index (χ0) is 18.5. The highest BCUT2D eigenvalue weighted by Crippen LogP contribution is 2.19. The van der Waals surface area contributed by atoms with Crippen LogP contribution in [0.2, 0.25) is 0 Å². The predicted octanol–water partition coefficient (Wildman–Crippen LogP) is 2.86. The number of anilines is 2. The number of piperidine rings is 1. The van der Waals surface area contributed by atoms with Crippen molar-refractivity contribution in [1.82, 2.24) is 4.90 Å². The molecule has 1 aliphatic heterocycles. The molecule has 1 aromatic heterocycles. The number of hydrogen-bond donors (Lipinski definition) is 3. The molecule has 0 saturated carbocycles. The van der Waals surface area contributed by atoms with Gasteiger partial charge in [-0.2, -0.15) is 0 Å². The smallest absolute Gasteiger partial charge is 0.321 e. The van der Waals surface area contributed by atoms with Gasteiger partial charge in [0, 0.05) is 24.5 Å². The summed E-state index contributed by atoms with van der Waals surface area (Å²) in [6, 6.07) is 9.50. The summed E-state index contributed by atoms with van der Waals surface area (Å²) < 4.78 is 5.02. The van der Waals surface area contributed by atoms with Crippen LogP contribution in [-0.4, -0.2) is 41.0 Å². The van der Waals surface area contributed by atoms with Crippen LogP contribution in [0.25, 0.3) is 0 Å². The Morgan fingerprint density at radius 1 is 1.08 bits per heavy atom. The first kappa shape index (κ1) is 17.5. The minimum Gasteiger partial charge on any atom is -0.481 e. The number of carbonyl (C=O) groups excluding carboxylic acids is 2. The van der Waals surface area contributed by atoms with Crippen molar-refractivity contribution in [2.45, 2.75) is 12.8 Å². The third-order valence-electron chi connectivity index (χ3n) is 4.20. The van der Waals surface area contributed by atoms with Crippen molar-refractivity contribution >= 4 is 29.3 Å². The van der Waals surface area contributed by atoms with Crippen LogP contribution in [0.3, 0.4) is 0 Å². The molecule has 8 heteroatoms. The van der Waals surface area contributed by atoms with E-state index < -0.39 is 11.9 Å². The molecule has 0 aliphatic carbocycles. The number of hydrogen-bond acceptors (Lipinski definition) is 4. The summed E-state index contributed by atoms with van der Waals surface area (Å²) in [4.78, 5) is 36.8. The number of nitrogens with zero attached hydrogens (tertiary/aromatic N) is 1. The second kappa shape index (κ2) is 7.73. The zero-order valence-electron chi connectivity index (χ0n) is 14.0. The number of furan rings is 1. The van der Waals surface area contributed by atoms with Crippen molar-refractivity contribution in [3.63, 3.8) is 0 Å². The molecule has 1 aliphatic rings. The molecule has 1 saturated heterocycles. The van der Waals surface area contributed by atoms with Crippen LogP contribution >= 0.6 is 0 Å². The molecule has 0 bridgehead atoms. The van der Waals surface area contributed by atoms with Gasteiger partial charge in [-0.05, 0) is 49.2 Å². The van der Waals surface area contributed by atoms with E-state index in [2.05, 4.69) is 10.6 Å². The number of likely N-dealkylation sites (tertiary alicyclic amines) is 1. The molecule has 2 heterocycles. The lowest BCUT2D eigenvalue weighted by Gasteiger charge is -2.30. The lowest BCUT2D eigenvalue weighted by molar-refractivity contribution is -0.143. The number of rotatable bonds is 4. The monoisotopic (exact) mass is 357 g/mol. The van der Waals surface area contributed by atoms with Gasteiger partial charge in [0.2, 0.25) is 0 Å². The van der Waals surface area contributed by atoms with E-state index in [-0.39, 0.29) is 24.2 Å². The van der Waals surface area contributed by atoms with Gasteiger partial charge in [0.05, 0.1) is 12.2 Å².